The third-order valence-electron chi connectivity index (χ3n) is 3.31. The lowest BCUT2D eigenvalue weighted by atomic mass is 10.1. The average Bonchev–Trinajstić information content (AvgIpc) is 3.04. The molecule has 1 aromatic heterocycles. The smallest absolute Gasteiger partial charge is 0.203 e. The second-order valence-electron chi connectivity index (χ2n) is 4.77. The molecule has 0 unspecified atom stereocenters. The zero-order chi connectivity index (χ0) is 15.5. The maximum absolute atomic E-state index is 12.4. The summed E-state index contributed by atoms with van der Waals surface area (Å²) in [6.07, 6.45) is 0. The van der Waals surface area contributed by atoms with Crippen molar-refractivity contribution in [3.05, 3.63) is 71.1 Å². The van der Waals surface area contributed by atoms with Crippen LogP contribution in [0.4, 0.5) is 0 Å². The molecule has 0 aliphatic carbocycles. The molecule has 0 amide bonds. The third-order valence-corrected chi connectivity index (χ3v) is 4.45. The van der Waals surface area contributed by atoms with Crippen LogP contribution in [-0.4, -0.2) is 18.0 Å². The van der Waals surface area contributed by atoms with Gasteiger partial charge in [-0.15, -0.1) is 11.3 Å². The number of ketones is 1. The number of rotatable bonds is 4. The number of phenols is 1. The van der Waals surface area contributed by atoms with E-state index in [0.717, 1.165) is 16.2 Å². The zero-order valence-corrected chi connectivity index (χ0v) is 12.8. The minimum Gasteiger partial charge on any atom is -0.508 e. The SMILES string of the molecule is COc1ccc(-c2ccc(C(=O)c3cccc(O)c3)s2)cc1. The lowest BCUT2D eigenvalue weighted by Gasteiger charge is -2.01. The molecule has 0 fully saturated rings. The fourth-order valence-corrected chi connectivity index (χ4v) is 3.13. The molecule has 1 N–H and O–H groups in total. The van der Waals surface area contributed by atoms with Crippen molar-refractivity contribution in [1.29, 1.82) is 0 Å². The van der Waals surface area contributed by atoms with Crippen LogP contribution in [0, 0.1) is 0 Å². The highest BCUT2D eigenvalue weighted by atomic mass is 32.1. The number of aromatic hydroxyl groups is 1. The lowest BCUT2D eigenvalue weighted by molar-refractivity contribution is 0.104. The number of benzene rings is 2. The molecule has 1 heterocycles. The summed E-state index contributed by atoms with van der Waals surface area (Å²) in [4.78, 5) is 14.1. The van der Waals surface area contributed by atoms with Gasteiger partial charge in [-0.25, -0.2) is 0 Å². The van der Waals surface area contributed by atoms with Gasteiger partial charge in [0.1, 0.15) is 11.5 Å². The normalized spacial score (nSPS) is 10.4. The molecule has 0 bridgehead atoms. The predicted molar refractivity (Wildman–Crippen MR) is 87.8 cm³/mol. The Morgan fingerprint density at radius 3 is 2.50 bits per heavy atom. The molecular weight excluding hydrogens is 296 g/mol. The Labute approximate surface area is 132 Å². The summed E-state index contributed by atoms with van der Waals surface area (Å²) in [6.45, 7) is 0. The van der Waals surface area contributed by atoms with Crippen LogP contribution in [0.3, 0.4) is 0 Å². The van der Waals surface area contributed by atoms with E-state index in [2.05, 4.69) is 0 Å². The first-order chi connectivity index (χ1) is 10.7. The molecule has 0 aliphatic heterocycles. The molecule has 2 aromatic carbocycles. The van der Waals surface area contributed by atoms with Crippen LogP contribution >= 0.6 is 11.3 Å². The molecule has 110 valence electrons. The van der Waals surface area contributed by atoms with Crippen LogP contribution in [0.1, 0.15) is 15.2 Å². The number of methoxy groups -OCH3 is 1. The van der Waals surface area contributed by atoms with Crippen LogP contribution in [0.15, 0.2) is 60.7 Å². The summed E-state index contributed by atoms with van der Waals surface area (Å²) in [7, 11) is 1.63. The van der Waals surface area contributed by atoms with E-state index in [-0.39, 0.29) is 11.5 Å². The van der Waals surface area contributed by atoms with Crippen LogP contribution in [0.25, 0.3) is 10.4 Å². The van der Waals surface area contributed by atoms with Crippen molar-refractivity contribution >= 4 is 17.1 Å². The first kappa shape index (κ1) is 14.4. The van der Waals surface area contributed by atoms with E-state index in [1.165, 1.54) is 17.4 Å². The number of thiophene rings is 1. The Morgan fingerprint density at radius 1 is 1.05 bits per heavy atom. The summed E-state index contributed by atoms with van der Waals surface area (Å²) < 4.78 is 5.14. The fourth-order valence-electron chi connectivity index (χ4n) is 2.16. The van der Waals surface area contributed by atoms with Gasteiger partial charge in [-0.2, -0.15) is 0 Å². The van der Waals surface area contributed by atoms with Crippen LogP contribution in [0.5, 0.6) is 11.5 Å². The van der Waals surface area contributed by atoms with Crippen molar-refractivity contribution in [2.24, 2.45) is 0 Å². The zero-order valence-electron chi connectivity index (χ0n) is 11.9. The lowest BCUT2D eigenvalue weighted by Crippen LogP contribution is -1.97. The van der Waals surface area contributed by atoms with Gasteiger partial charge in [0, 0.05) is 10.4 Å². The summed E-state index contributed by atoms with van der Waals surface area (Å²) >= 11 is 1.44. The van der Waals surface area contributed by atoms with E-state index in [4.69, 9.17) is 4.74 Å². The van der Waals surface area contributed by atoms with Gasteiger partial charge >= 0.3 is 0 Å². The third kappa shape index (κ3) is 2.87. The molecule has 3 rings (SSSR count). The highest BCUT2D eigenvalue weighted by Gasteiger charge is 2.13. The standard InChI is InChI=1S/C18H14O3S/c1-21-15-7-5-12(6-8-15)16-9-10-17(22-16)18(20)13-3-2-4-14(19)11-13/h2-11,19H,1H3. The van der Waals surface area contributed by atoms with Crippen molar-refractivity contribution in [2.45, 2.75) is 0 Å². The number of carbonyl (C=O) groups is 1. The predicted octanol–water partition coefficient (Wildman–Crippen LogP) is 4.36. The molecule has 0 spiro atoms. The van der Waals surface area contributed by atoms with Gasteiger partial charge in [-0.1, -0.05) is 12.1 Å². The molecule has 0 saturated heterocycles. The van der Waals surface area contributed by atoms with E-state index >= 15 is 0 Å². The Bertz CT molecular complexity index is 803. The summed E-state index contributed by atoms with van der Waals surface area (Å²) in [5.74, 6) is 0.815. The van der Waals surface area contributed by atoms with Gasteiger partial charge in [-0.3, -0.25) is 4.79 Å². The molecule has 3 nitrogen and oxygen atoms in total. The Morgan fingerprint density at radius 2 is 1.82 bits per heavy atom. The molecular formula is C18H14O3S. The number of hydrogen-bond donors (Lipinski definition) is 1. The Hall–Kier alpha value is -2.59. The summed E-state index contributed by atoms with van der Waals surface area (Å²) in [5, 5.41) is 9.48. The first-order valence-electron chi connectivity index (χ1n) is 6.75. The van der Waals surface area contributed by atoms with Crippen LogP contribution in [0.2, 0.25) is 0 Å². The largest absolute Gasteiger partial charge is 0.508 e. The van der Waals surface area contributed by atoms with Crippen LogP contribution < -0.4 is 4.74 Å². The van der Waals surface area contributed by atoms with Gasteiger partial charge < -0.3 is 9.84 Å². The molecule has 0 saturated carbocycles. The highest BCUT2D eigenvalue weighted by molar-refractivity contribution is 7.17. The number of hydrogen-bond acceptors (Lipinski definition) is 4. The quantitative estimate of drug-likeness (QED) is 0.728. The number of ether oxygens (including phenoxy) is 1. The summed E-state index contributed by atoms with van der Waals surface area (Å²) in [6, 6.07) is 17.9. The van der Waals surface area contributed by atoms with E-state index in [1.807, 2.05) is 36.4 Å². The Kier molecular flexibility index (Phi) is 3.94. The van der Waals surface area contributed by atoms with E-state index in [0.29, 0.717) is 10.4 Å². The summed E-state index contributed by atoms with van der Waals surface area (Å²) in [5.41, 5.74) is 1.53. The van der Waals surface area contributed by atoms with Gasteiger partial charge in [0.2, 0.25) is 5.78 Å². The van der Waals surface area contributed by atoms with Gasteiger partial charge in [0.15, 0.2) is 0 Å². The maximum Gasteiger partial charge on any atom is 0.203 e. The minimum atomic E-state index is -0.0827. The molecule has 22 heavy (non-hydrogen) atoms. The monoisotopic (exact) mass is 310 g/mol. The van der Waals surface area contributed by atoms with Crippen molar-refractivity contribution in [1.82, 2.24) is 0 Å². The minimum absolute atomic E-state index is 0.0827. The van der Waals surface area contributed by atoms with E-state index in [1.54, 1.807) is 25.3 Å². The van der Waals surface area contributed by atoms with Crippen molar-refractivity contribution in [3.63, 3.8) is 0 Å². The topological polar surface area (TPSA) is 46.5 Å². The number of phenolic OH excluding ortho intramolecular Hbond substituents is 1. The highest BCUT2D eigenvalue weighted by Crippen LogP contribution is 2.30. The molecule has 4 heteroatoms. The van der Waals surface area contributed by atoms with Gasteiger partial charge in [-0.05, 0) is 54.1 Å². The molecule has 3 aromatic rings. The molecule has 0 radical (unpaired) electrons. The Balaban J connectivity index is 1.88. The van der Waals surface area contributed by atoms with Gasteiger partial charge in [0.25, 0.3) is 0 Å². The van der Waals surface area contributed by atoms with Gasteiger partial charge in [0.05, 0.1) is 12.0 Å². The number of carbonyl (C=O) groups excluding carboxylic acids is 1. The molecule has 0 atom stereocenters. The van der Waals surface area contributed by atoms with Crippen molar-refractivity contribution < 1.29 is 14.6 Å². The van der Waals surface area contributed by atoms with E-state index < -0.39 is 0 Å². The second-order valence-corrected chi connectivity index (χ2v) is 5.86. The van der Waals surface area contributed by atoms with Crippen molar-refractivity contribution in [2.75, 3.05) is 7.11 Å². The van der Waals surface area contributed by atoms with Crippen molar-refractivity contribution in [3.8, 4) is 21.9 Å². The fraction of sp³-hybridized carbons (Fsp3) is 0.0556. The molecule has 0 aliphatic rings. The van der Waals surface area contributed by atoms with Crippen LogP contribution in [-0.2, 0) is 0 Å². The van der Waals surface area contributed by atoms with E-state index in [9.17, 15) is 9.90 Å². The first-order valence-corrected chi connectivity index (χ1v) is 7.57. The average molecular weight is 310 g/mol. The maximum atomic E-state index is 12.4. The second kappa shape index (κ2) is 6.03.